The fourth-order valence-corrected chi connectivity index (χ4v) is 0.349. The van der Waals surface area contributed by atoms with Gasteiger partial charge in [-0.2, -0.15) is 0 Å². The van der Waals surface area contributed by atoms with Crippen molar-refractivity contribution in [3.05, 3.63) is 24.2 Å². The third-order valence-electron chi connectivity index (χ3n) is 0.759. The highest BCUT2D eigenvalue weighted by atomic mass is 19.4. The zero-order valence-electron chi connectivity index (χ0n) is 5.70. The largest absolute Gasteiger partial charge is 0.573 e. The molecule has 0 heterocycles. The van der Waals surface area contributed by atoms with Crippen molar-refractivity contribution in [2.24, 2.45) is 0 Å². The fourth-order valence-electron chi connectivity index (χ4n) is 0.349. The zero-order chi connectivity index (χ0) is 9.07. The molecule has 0 aliphatic heterocycles. The van der Waals surface area contributed by atoms with E-state index >= 15 is 0 Å². The summed E-state index contributed by atoms with van der Waals surface area (Å²) in [6, 6.07) is 0. The Balaban J connectivity index is 4.10. The van der Waals surface area contributed by atoms with E-state index in [0.717, 1.165) is 6.08 Å². The molecule has 0 saturated carbocycles. The number of hydrogen-bond acceptors (Lipinski definition) is 1. The second-order valence-electron chi connectivity index (χ2n) is 1.61. The number of alkyl halides is 3. The van der Waals surface area contributed by atoms with Crippen LogP contribution in [0.5, 0.6) is 0 Å². The normalized spacial score (nSPS) is 13.0. The van der Waals surface area contributed by atoms with E-state index in [4.69, 9.17) is 0 Å². The van der Waals surface area contributed by atoms with Gasteiger partial charge in [-0.3, -0.25) is 0 Å². The summed E-state index contributed by atoms with van der Waals surface area (Å²) in [5.41, 5.74) is 0. The van der Waals surface area contributed by atoms with E-state index in [9.17, 15) is 17.6 Å². The Morgan fingerprint density at radius 3 is 2.18 bits per heavy atom. The van der Waals surface area contributed by atoms with Crippen LogP contribution in [0.1, 0.15) is 6.92 Å². The zero-order valence-corrected chi connectivity index (χ0v) is 5.70. The van der Waals surface area contributed by atoms with E-state index in [1.165, 1.54) is 6.92 Å². The summed E-state index contributed by atoms with van der Waals surface area (Å²) >= 11 is 0. The van der Waals surface area contributed by atoms with E-state index < -0.39 is 17.9 Å². The first kappa shape index (κ1) is 10.0. The highest BCUT2D eigenvalue weighted by Crippen LogP contribution is 2.23. The molecule has 0 aliphatic rings. The molecular weight excluding hydrogens is 164 g/mol. The van der Waals surface area contributed by atoms with Crippen LogP contribution in [-0.4, -0.2) is 6.36 Å². The maximum Gasteiger partial charge on any atom is 0.573 e. The third-order valence-corrected chi connectivity index (χ3v) is 0.759. The summed E-state index contributed by atoms with van der Waals surface area (Å²) in [4.78, 5) is 0. The maximum atomic E-state index is 12.2. The van der Waals surface area contributed by atoms with E-state index in [2.05, 4.69) is 11.3 Å². The molecular formula is C6H6F4O. The van der Waals surface area contributed by atoms with Crippen molar-refractivity contribution in [2.45, 2.75) is 13.3 Å². The van der Waals surface area contributed by atoms with Crippen LogP contribution in [0.25, 0.3) is 0 Å². The SMILES string of the molecule is C=C(OC(F)(F)F)/C(F)=C\C. The van der Waals surface area contributed by atoms with Crippen LogP contribution >= 0.6 is 0 Å². The molecule has 0 amide bonds. The topological polar surface area (TPSA) is 9.23 Å². The van der Waals surface area contributed by atoms with Crippen molar-refractivity contribution in [1.82, 2.24) is 0 Å². The van der Waals surface area contributed by atoms with Gasteiger partial charge in [-0.15, -0.1) is 13.2 Å². The molecule has 0 aromatic heterocycles. The molecule has 0 aromatic carbocycles. The molecule has 0 saturated heterocycles. The van der Waals surface area contributed by atoms with Crippen LogP contribution in [0, 0.1) is 0 Å². The minimum atomic E-state index is -4.88. The summed E-state index contributed by atoms with van der Waals surface area (Å²) in [6.07, 6.45) is -4.05. The van der Waals surface area contributed by atoms with Gasteiger partial charge >= 0.3 is 6.36 Å². The molecule has 64 valence electrons. The summed E-state index contributed by atoms with van der Waals surface area (Å²) < 4.78 is 49.3. The average molecular weight is 170 g/mol. The molecule has 0 bridgehead atoms. The Hall–Kier alpha value is -1.00. The van der Waals surface area contributed by atoms with E-state index in [1.54, 1.807) is 0 Å². The van der Waals surface area contributed by atoms with Gasteiger partial charge in [-0.05, 0) is 13.0 Å². The minimum Gasteiger partial charge on any atom is -0.403 e. The van der Waals surface area contributed by atoms with Crippen LogP contribution < -0.4 is 0 Å². The number of ether oxygens (including phenoxy) is 1. The molecule has 0 atom stereocenters. The molecule has 0 aromatic rings. The number of halogens is 4. The molecule has 0 unspecified atom stereocenters. The highest BCUT2D eigenvalue weighted by molar-refractivity contribution is 5.14. The smallest absolute Gasteiger partial charge is 0.403 e. The second kappa shape index (κ2) is 3.41. The fraction of sp³-hybridized carbons (Fsp3) is 0.333. The van der Waals surface area contributed by atoms with Gasteiger partial charge < -0.3 is 4.74 Å². The monoisotopic (exact) mass is 170 g/mol. The number of hydrogen-bond donors (Lipinski definition) is 0. The van der Waals surface area contributed by atoms with Gasteiger partial charge in [0.2, 0.25) is 0 Å². The van der Waals surface area contributed by atoms with Gasteiger partial charge in [-0.25, -0.2) is 4.39 Å². The van der Waals surface area contributed by atoms with Crippen LogP contribution in [0.15, 0.2) is 24.2 Å². The Morgan fingerprint density at radius 1 is 1.45 bits per heavy atom. The molecule has 0 N–H and O–H groups in total. The second-order valence-corrected chi connectivity index (χ2v) is 1.61. The lowest BCUT2D eigenvalue weighted by Crippen LogP contribution is -2.12. The molecule has 0 fully saturated rings. The highest BCUT2D eigenvalue weighted by Gasteiger charge is 2.32. The van der Waals surface area contributed by atoms with Gasteiger partial charge in [0.1, 0.15) is 0 Å². The quantitative estimate of drug-likeness (QED) is 0.351. The van der Waals surface area contributed by atoms with Crippen molar-refractivity contribution in [3.63, 3.8) is 0 Å². The molecule has 0 spiro atoms. The first-order chi connectivity index (χ1) is 4.87. The van der Waals surface area contributed by atoms with Crippen LogP contribution in [0.2, 0.25) is 0 Å². The Labute approximate surface area is 61.0 Å². The van der Waals surface area contributed by atoms with E-state index in [-0.39, 0.29) is 0 Å². The predicted molar refractivity (Wildman–Crippen MR) is 31.1 cm³/mol. The van der Waals surface area contributed by atoms with Crippen LogP contribution in [0.4, 0.5) is 17.6 Å². The molecule has 11 heavy (non-hydrogen) atoms. The predicted octanol–water partition coefficient (Wildman–Crippen LogP) is 2.91. The van der Waals surface area contributed by atoms with Crippen LogP contribution in [-0.2, 0) is 4.74 Å². The molecule has 1 nitrogen and oxygen atoms in total. The summed E-state index contributed by atoms with van der Waals surface area (Å²) in [5, 5.41) is 0. The molecule has 0 rings (SSSR count). The molecule has 0 radical (unpaired) electrons. The van der Waals surface area contributed by atoms with Crippen molar-refractivity contribution < 1.29 is 22.3 Å². The van der Waals surface area contributed by atoms with Gasteiger partial charge in [-0.1, -0.05) is 6.58 Å². The lowest BCUT2D eigenvalue weighted by atomic mass is 10.4. The van der Waals surface area contributed by atoms with E-state index in [0.29, 0.717) is 0 Å². The van der Waals surface area contributed by atoms with Crippen molar-refractivity contribution in [3.8, 4) is 0 Å². The Kier molecular flexibility index (Phi) is 3.10. The molecule has 0 aliphatic carbocycles. The lowest BCUT2D eigenvalue weighted by molar-refractivity contribution is -0.304. The van der Waals surface area contributed by atoms with Gasteiger partial charge in [0.15, 0.2) is 11.6 Å². The first-order valence-corrected chi connectivity index (χ1v) is 2.63. The Bertz CT molecular complexity index is 180. The van der Waals surface area contributed by atoms with Crippen molar-refractivity contribution in [1.29, 1.82) is 0 Å². The minimum absolute atomic E-state index is 0.827. The van der Waals surface area contributed by atoms with Gasteiger partial charge in [0.05, 0.1) is 0 Å². The Morgan fingerprint density at radius 2 is 1.91 bits per heavy atom. The maximum absolute atomic E-state index is 12.2. The lowest BCUT2D eigenvalue weighted by Gasteiger charge is -2.08. The standard InChI is InChI=1S/C6H6F4O/c1-3-5(7)4(2)11-6(8,9)10/h3H,2H2,1H3/b5-3+. The van der Waals surface area contributed by atoms with Crippen molar-refractivity contribution in [2.75, 3.05) is 0 Å². The van der Waals surface area contributed by atoms with Gasteiger partial charge in [0, 0.05) is 0 Å². The van der Waals surface area contributed by atoms with E-state index in [1.807, 2.05) is 0 Å². The average Bonchev–Trinajstić information content (AvgIpc) is 1.82. The summed E-state index contributed by atoms with van der Waals surface area (Å²) in [7, 11) is 0. The number of rotatable bonds is 2. The third kappa shape index (κ3) is 4.41. The number of allylic oxidation sites excluding steroid dienone is 2. The molecule has 5 heteroatoms. The van der Waals surface area contributed by atoms with Crippen LogP contribution in [0.3, 0.4) is 0 Å². The van der Waals surface area contributed by atoms with Gasteiger partial charge in [0.25, 0.3) is 0 Å². The van der Waals surface area contributed by atoms with Crippen molar-refractivity contribution >= 4 is 0 Å². The summed E-state index contributed by atoms with van der Waals surface area (Å²) in [5.74, 6) is -2.15. The first-order valence-electron chi connectivity index (χ1n) is 2.63. The summed E-state index contributed by atoms with van der Waals surface area (Å²) in [6.45, 7) is 3.96.